The van der Waals surface area contributed by atoms with Gasteiger partial charge in [-0.3, -0.25) is 9.67 Å². The highest BCUT2D eigenvalue weighted by molar-refractivity contribution is 5.65. The number of pyridine rings is 1. The number of aryl methyl sites for hydroxylation is 1. The van der Waals surface area contributed by atoms with Gasteiger partial charge in [-0.25, -0.2) is 0 Å². The highest BCUT2D eigenvalue weighted by Gasteiger charge is 2.04. The van der Waals surface area contributed by atoms with Crippen molar-refractivity contribution in [2.75, 3.05) is 5.73 Å². The Labute approximate surface area is 117 Å². The fourth-order valence-corrected chi connectivity index (χ4v) is 2.15. The zero-order valence-corrected chi connectivity index (χ0v) is 11.3. The first kappa shape index (κ1) is 12.4. The molecule has 4 nitrogen and oxygen atoms in total. The number of nitrogens with two attached hydrogens (primary N) is 1. The van der Waals surface area contributed by atoms with Crippen LogP contribution in [0.1, 0.15) is 11.3 Å². The minimum Gasteiger partial charge on any atom is -0.399 e. The first-order valence-corrected chi connectivity index (χ1v) is 6.51. The maximum absolute atomic E-state index is 5.81. The van der Waals surface area contributed by atoms with E-state index >= 15 is 0 Å². The molecule has 0 atom stereocenters. The highest BCUT2D eigenvalue weighted by Crippen LogP contribution is 2.21. The zero-order chi connectivity index (χ0) is 13.9. The van der Waals surface area contributed by atoms with Gasteiger partial charge in [-0.1, -0.05) is 18.2 Å². The molecule has 0 spiro atoms. The number of hydrogen-bond donors (Lipinski definition) is 1. The van der Waals surface area contributed by atoms with Gasteiger partial charge >= 0.3 is 0 Å². The van der Waals surface area contributed by atoms with Crippen LogP contribution >= 0.6 is 0 Å². The van der Waals surface area contributed by atoms with Crippen LogP contribution in [0, 0.1) is 6.92 Å². The average molecular weight is 264 g/mol. The van der Waals surface area contributed by atoms with Crippen molar-refractivity contribution in [2.24, 2.45) is 0 Å². The first-order chi connectivity index (χ1) is 9.72. The number of hydrogen-bond acceptors (Lipinski definition) is 3. The highest BCUT2D eigenvalue weighted by atomic mass is 15.3. The lowest BCUT2D eigenvalue weighted by molar-refractivity contribution is 0.669. The largest absolute Gasteiger partial charge is 0.399 e. The smallest absolute Gasteiger partial charge is 0.0834 e. The maximum Gasteiger partial charge on any atom is 0.0834 e. The van der Waals surface area contributed by atoms with Gasteiger partial charge in [0.2, 0.25) is 0 Å². The lowest BCUT2D eigenvalue weighted by Crippen LogP contribution is -2.03. The van der Waals surface area contributed by atoms with Crippen molar-refractivity contribution in [3.8, 4) is 11.1 Å². The number of rotatable bonds is 3. The summed E-state index contributed by atoms with van der Waals surface area (Å²) in [5.74, 6) is 0. The van der Waals surface area contributed by atoms with E-state index in [2.05, 4.69) is 23.1 Å². The van der Waals surface area contributed by atoms with Crippen LogP contribution in [-0.2, 0) is 6.54 Å². The van der Waals surface area contributed by atoms with E-state index in [9.17, 15) is 0 Å². The monoisotopic (exact) mass is 264 g/mol. The molecule has 4 heteroatoms. The summed E-state index contributed by atoms with van der Waals surface area (Å²) in [6, 6.07) is 11.8. The van der Waals surface area contributed by atoms with Crippen LogP contribution in [0.2, 0.25) is 0 Å². The Balaban J connectivity index is 1.86. The van der Waals surface area contributed by atoms with Crippen LogP contribution in [0.15, 0.2) is 55.0 Å². The van der Waals surface area contributed by atoms with Gasteiger partial charge in [0.05, 0.1) is 18.4 Å². The van der Waals surface area contributed by atoms with Crippen molar-refractivity contribution < 1.29 is 0 Å². The number of benzene rings is 1. The van der Waals surface area contributed by atoms with E-state index in [-0.39, 0.29) is 0 Å². The Hall–Kier alpha value is -2.62. The number of anilines is 1. The van der Waals surface area contributed by atoms with Crippen molar-refractivity contribution in [2.45, 2.75) is 13.5 Å². The van der Waals surface area contributed by atoms with E-state index in [0.29, 0.717) is 6.54 Å². The van der Waals surface area contributed by atoms with Crippen molar-refractivity contribution in [1.82, 2.24) is 14.8 Å². The molecular formula is C16H16N4. The number of nitrogens with zero attached hydrogens (tertiary/aromatic N) is 3. The van der Waals surface area contributed by atoms with E-state index in [1.165, 1.54) is 5.56 Å². The molecule has 0 aliphatic carbocycles. The SMILES string of the molecule is Cc1cccnc1Cn1cc(-c2cccc(N)c2)cn1. The summed E-state index contributed by atoms with van der Waals surface area (Å²) in [6.45, 7) is 2.74. The summed E-state index contributed by atoms with van der Waals surface area (Å²) in [6.07, 6.45) is 5.68. The molecule has 1 aromatic carbocycles. The first-order valence-electron chi connectivity index (χ1n) is 6.51. The van der Waals surface area contributed by atoms with Crippen LogP contribution in [0.25, 0.3) is 11.1 Å². The summed E-state index contributed by atoms with van der Waals surface area (Å²) in [4.78, 5) is 4.39. The Morgan fingerprint density at radius 3 is 2.85 bits per heavy atom. The molecule has 0 fully saturated rings. The second-order valence-electron chi connectivity index (χ2n) is 4.82. The molecule has 0 aliphatic rings. The molecule has 3 rings (SSSR count). The van der Waals surface area contributed by atoms with Crippen molar-refractivity contribution in [3.05, 3.63) is 66.2 Å². The molecule has 20 heavy (non-hydrogen) atoms. The van der Waals surface area contributed by atoms with Crippen LogP contribution < -0.4 is 5.73 Å². The topological polar surface area (TPSA) is 56.7 Å². The third-order valence-corrected chi connectivity index (χ3v) is 3.28. The summed E-state index contributed by atoms with van der Waals surface area (Å²) in [5.41, 5.74) is 10.9. The van der Waals surface area contributed by atoms with E-state index < -0.39 is 0 Å². The number of nitrogen functional groups attached to an aromatic ring is 1. The molecule has 0 saturated carbocycles. The van der Waals surface area contributed by atoms with Gasteiger partial charge < -0.3 is 5.73 Å². The van der Waals surface area contributed by atoms with Crippen molar-refractivity contribution in [3.63, 3.8) is 0 Å². The van der Waals surface area contributed by atoms with Gasteiger partial charge in [0.25, 0.3) is 0 Å². The molecular weight excluding hydrogens is 248 g/mol. The Kier molecular flexibility index (Phi) is 3.21. The standard InChI is InChI=1S/C16H16N4/c1-12-4-3-7-18-16(12)11-20-10-14(9-19-20)13-5-2-6-15(17)8-13/h2-10H,11,17H2,1H3. The van der Waals surface area contributed by atoms with Crippen LogP contribution in [0.3, 0.4) is 0 Å². The van der Waals surface area contributed by atoms with Gasteiger partial charge in [0, 0.05) is 23.6 Å². The van der Waals surface area contributed by atoms with Crippen molar-refractivity contribution in [1.29, 1.82) is 0 Å². The average Bonchev–Trinajstić information content (AvgIpc) is 2.90. The number of aromatic nitrogens is 3. The normalized spacial score (nSPS) is 10.7. The third-order valence-electron chi connectivity index (χ3n) is 3.28. The summed E-state index contributed by atoms with van der Waals surface area (Å²) in [7, 11) is 0. The van der Waals surface area contributed by atoms with E-state index in [1.54, 1.807) is 0 Å². The predicted octanol–water partition coefficient (Wildman–Crippen LogP) is 2.88. The Morgan fingerprint density at radius 1 is 1.15 bits per heavy atom. The molecule has 0 bridgehead atoms. The van der Waals surface area contributed by atoms with Crippen LogP contribution in [-0.4, -0.2) is 14.8 Å². The summed E-state index contributed by atoms with van der Waals surface area (Å²) in [5, 5.41) is 4.39. The fraction of sp³-hybridized carbons (Fsp3) is 0.125. The van der Waals surface area contributed by atoms with Gasteiger partial charge in [-0.2, -0.15) is 5.10 Å². The minimum atomic E-state index is 0.676. The second-order valence-corrected chi connectivity index (χ2v) is 4.82. The fourth-order valence-electron chi connectivity index (χ4n) is 2.15. The molecule has 100 valence electrons. The molecule has 0 saturated heterocycles. The summed E-state index contributed by atoms with van der Waals surface area (Å²) < 4.78 is 1.90. The molecule has 3 aromatic rings. The van der Waals surface area contributed by atoms with Crippen LogP contribution in [0.5, 0.6) is 0 Å². The van der Waals surface area contributed by atoms with Crippen molar-refractivity contribution >= 4 is 5.69 Å². The minimum absolute atomic E-state index is 0.676. The zero-order valence-electron chi connectivity index (χ0n) is 11.3. The lowest BCUT2D eigenvalue weighted by atomic mass is 10.1. The molecule has 0 radical (unpaired) electrons. The molecule has 2 N–H and O–H groups in total. The molecule has 0 amide bonds. The van der Waals surface area contributed by atoms with Gasteiger partial charge in [-0.15, -0.1) is 0 Å². The molecule has 0 unspecified atom stereocenters. The van der Waals surface area contributed by atoms with E-state index in [1.807, 2.05) is 53.6 Å². The van der Waals surface area contributed by atoms with Crippen LogP contribution in [0.4, 0.5) is 5.69 Å². The maximum atomic E-state index is 5.81. The molecule has 0 aliphatic heterocycles. The Morgan fingerprint density at radius 2 is 2.05 bits per heavy atom. The Bertz CT molecular complexity index is 731. The van der Waals surface area contributed by atoms with Gasteiger partial charge in [-0.05, 0) is 36.2 Å². The molecule has 2 aromatic heterocycles. The predicted molar refractivity (Wildman–Crippen MR) is 80.2 cm³/mol. The second kappa shape index (κ2) is 5.17. The quantitative estimate of drug-likeness (QED) is 0.740. The van der Waals surface area contributed by atoms with E-state index in [0.717, 1.165) is 22.5 Å². The summed E-state index contributed by atoms with van der Waals surface area (Å²) >= 11 is 0. The third kappa shape index (κ3) is 2.54. The lowest BCUT2D eigenvalue weighted by Gasteiger charge is -2.04. The molecule has 2 heterocycles. The van der Waals surface area contributed by atoms with Gasteiger partial charge in [0.1, 0.15) is 0 Å². The van der Waals surface area contributed by atoms with Gasteiger partial charge in [0.15, 0.2) is 0 Å². The van der Waals surface area contributed by atoms with E-state index in [4.69, 9.17) is 5.73 Å².